The number of methoxy groups -OCH3 is 1. The van der Waals surface area contributed by atoms with E-state index in [1.165, 1.54) is 39.2 Å². The number of amides is 1. The van der Waals surface area contributed by atoms with Gasteiger partial charge in [-0.2, -0.15) is 0 Å². The lowest BCUT2D eigenvalue weighted by Gasteiger charge is -2.31. The van der Waals surface area contributed by atoms with Crippen molar-refractivity contribution >= 4 is 23.2 Å². The maximum atomic E-state index is 13.0. The molecule has 2 aromatic rings. The van der Waals surface area contributed by atoms with Gasteiger partial charge in [-0.25, -0.2) is 0 Å². The molecule has 1 aliphatic carbocycles. The number of anilines is 1. The van der Waals surface area contributed by atoms with Crippen LogP contribution in [0, 0.1) is 0 Å². The number of carbonyl (C=O) groups is 1. The standard InChI is InChI=1S/C24H31ClN2O3/c1-4-30-23-20(25)14-18(15-22(23)29-3)24(28)26-21-13-9-8-10-17(21)16-27(2)19-11-6-5-7-12-19/h8-10,13-15,19H,4-7,11-12,16H2,1-3H3,(H,26,28). The van der Waals surface area contributed by atoms with Crippen molar-refractivity contribution in [3.8, 4) is 11.5 Å². The summed E-state index contributed by atoms with van der Waals surface area (Å²) < 4.78 is 10.9. The molecule has 1 aliphatic rings. The lowest BCUT2D eigenvalue weighted by atomic mass is 9.94. The van der Waals surface area contributed by atoms with Gasteiger partial charge in [0.1, 0.15) is 0 Å². The smallest absolute Gasteiger partial charge is 0.255 e. The summed E-state index contributed by atoms with van der Waals surface area (Å²) in [6, 6.07) is 11.8. The average Bonchev–Trinajstić information content (AvgIpc) is 2.76. The van der Waals surface area contributed by atoms with Crippen molar-refractivity contribution in [1.29, 1.82) is 0 Å². The van der Waals surface area contributed by atoms with Gasteiger partial charge in [-0.05, 0) is 50.6 Å². The Morgan fingerprint density at radius 2 is 1.93 bits per heavy atom. The zero-order valence-electron chi connectivity index (χ0n) is 18.0. The summed E-state index contributed by atoms with van der Waals surface area (Å²) in [5.41, 5.74) is 2.34. The van der Waals surface area contributed by atoms with Gasteiger partial charge in [0.15, 0.2) is 11.5 Å². The van der Waals surface area contributed by atoms with E-state index in [1.807, 2.05) is 25.1 Å². The molecule has 0 heterocycles. The number of hydrogen-bond donors (Lipinski definition) is 1. The van der Waals surface area contributed by atoms with Crippen LogP contribution in [0.25, 0.3) is 0 Å². The summed E-state index contributed by atoms with van der Waals surface area (Å²) in [6.07, 6.45) is 6.43. The zero-order chi connectivity index (χ0) is 21.5. The summed E-state index contributed by atoms with van der Waals surface area (Å²) >= 11 is 6.33. The number of para-hydroxylation sites is 1. The number of nitrogens with one attached hydrogen (secondary N) is 1. The zero-order valence-corrected chi connectivity index (χ0v) is 18.8. The minimum atomic E-state index is -0.231. The lowest BCUT2D eigenvalue weighted by Crippen LogP contribution is -2.33. The number of rotatable bonds is 8. The second-order valence-corrected chi connectivity index (χ2v) is 8.15. The quantitative estimate of drug-likeness (QED) is 0.578. The molecule has 162 valence electrons. The first kappa shape index (κ1) is 22.4. The van der Waals surface area contributed by atoms with Crippen LogP contribution >= 0.6 is 11.6 Å². The molecule has 0 spiro atoms. The minimum Gasteiger partial charge on any atom is -0.493 e. The highest BCUT2D eigenvalue weighted by Gasteiger charge is 2.20. The van der Waals surface area contributed by atoms with Crippen LogP contribution in [0.3, 0.4) is 0 Å². The topological polar surface area (TPSA) is 50.8 Å². The van der Waals surface area contributed by atoms with Crippen LogP contribution < -0.4 is 14.8 Å². The molecule has 0 saturated heterocycles. The Morgan fingerprint density at radius 1 is 1.20 bits per heavy atom. The molecule has 30 heavy (non-hydrogen) atoms. The van der Waals surface area contributed by atoms with Gasteiger partial charge in [0, 0.05) is 23.8 Å². The van der Waals surface area contributed by atoms with Gasteiger partial charge < -0.3 is 14.8 Å². The summed E-state index contributed by atoms with van der Waals surface area (Å²) in [7, 11) is 3.71. The van der Waals surface area contributed by atoms with Crippen molar-refractivity contribution in [2.45, 2.75) is 51.6 Å². The molecular formula is C24H31ClN2O3. The Hall–Kier alpha value is -2.24. The number of hydrogen-bond acceptors (Lipinski definition) is 4. The Bertz CT molecular complexity index is 866. The van der Waals surface area contributed by atoms with Gasteiger partial charge in [-0.3, -0.25) is 9.69 Å². The largest absolute Gasteiger partial charge is 0.493 e. The van der Waals surface area contributed by atoms with Gasteiger partial charge in [0.2, 0.25) is 0 Å². The van der Waals surface area contributed by atoms with Crippen LogP contribution in [-0.2, 0) is 6.54 Å². The third kappa shape index (κ3) is 5.46. The van der Waals surface area contributed by atoms with E-state index in [4.69, 9.17) is 21.1 Å². The molecule has 0 radical (unpaired) electrons. The van der Waals surface area contributed by atoms with E-state index >= 15 is 0 Å². The molecule has 1 N–H and O–H groups in total. The van der Waals surface area contributed by atoms with E-state index in [-0.39, 0.29) is 5.91 Å². The Labute approximate surface area is 184 Å². The highest BCUT2D eigenvalue weighted by molar-refractivity contribution is 6.32. The van der Waals surface area contributed by atoms with E-state index in [0.29, 0.717) is 34.7 Å². The highest BCUT2D eigenvalue weighted by Crippen LogP contribution is 2.36. The van der Waals surface area contributed by atoms with Gasteiger partial charge >= 0.3 is 0 Å². The molecular weight excluding hydrogens is 400 g/mol. The number of carbonyl (C=O) groups excluding carboxylic acids is 1. The molecule has 1 amide bonds. The van der Waals surface area contributed by atoms with Crippen molar-refractivity contribution in [3.63, 3.8) is 0 Å². The Morgan fingerprint density at radius 3 is 2.63 bits per heavy atom. The molecule has 1 saturated carbocycles. The molecule has 1 fully saturated rings. The van der Waals surface area contributed by atoms with E-state index in [0.717, 1.165) is 17.8 Å². The number of halogens is 1. The maximum absolute atomic E-state index is 13.0. The highest BCUT2D eigenvalue weighted by atomic mass is 35.5. The van der Waals surface area contributed by atoms with Crippen LogP contribution in [0.2, 0.25) is 5.02 Å². The second-order valence-electron chi connectivity index (χ2n) is 7.74. The fraction of sp³-hybridized carbons (Fsp3) is 0.458. The summed E-state index contributed by atoms with van der Waals surface area (Å²) in [4.78, 5) is 15.4. The van der Waals surface area contributed by atoms with Crippen LogP contribution in [0.15, 0.2) is 36.4 Å². The SMILES string of the molecule is CCOc1c(Cl)cc(C(=O)Nc2ccccc2CN(C)C2CCCCC2)cc1OC. The van der Waals surface area contributed by atoms with Crippen LogP contribution in [-0.4, -0.2) is 37.6 Å². The molecule has 3 rings (SSSR count). The van der Waals surface area contributed by atoms with Crippen molar-refractivity contribution in [3.05, 3.63) is 52.5 Å². The summed E-state index contributed by atoms with van der Waals surface area (Å²) in [5, 5.41) is 3.40. The third-order valence-electron chi connectivity index (χ3n) is 5.66. The first-order chi connectivity index (χ1) is 14.5. The maximum Gasteiger partial charge on any atom is 0.255 e. The first-order valence-corrected chi connectivity index (χ1v) is 11.0. The Kier molecular flexibility index (Phi) is 8.00. The van der Waals surface area contributed by atoms with Crippen LogP contribution in [0.5, 0.6) is 11.5 Å². The van der Waals surface area contributed by atoms with Gasteiger partial charge in [0.05, 0.1) is 18.7 Å². The minimum absolute atomic E-state index is 0.231. The average molecular weight is 431 g/mol. The molecule has 0 bridgehead atoms. The van der Waals surface area contributed by atoms with E-state index in [9.17, 15) is 4.79 Å². The molecule has 0 atom stereocenters. The third-order valence-corrected chi connectivity index (χ3v) is 5.94. The molecule has 0 unspecified atom stereocenters. The van der Waals surface area contributed by atoms with Crippen molar-refractivity contribution in [2.24, 2.45) is 0 Å². The normalized spacial score (nSPS) is 14.6. The summed E-state index contributed by atoms with van der Waals surface area (Å²) in [5.74, 6) is 0.665. The monoisotopic (exact) mass is 430 g/mol. The van der Waals surface area contributed by atoms with Crippen molar-refractivity contribution in [1.82, 2.24) is 4.90 Å². The lowest BCUT2D eigenvalue weighted by molar-refractivity contribution is 0.102. The molecule has 6 heteroatoms. The van der Waals surface area contributed by atoms with Crippen LogP contribution in [0.1, 0.15) is 54.9 Å². The van der Waals surface area contributed by atoms with E-state index < -0.39 is 0 Å². The number of nitrogens with zero attached hydrogens (tertiary/aromatic N) is 1. The van der Waals surface area contributed by atoms with Crippen molar-refractivity contribution in [2.75, 3.05) is 26.1 Å². The van der Waals surface area contributed by atoms with Gasteiger partial charge in [-0.1, -0.05) is 49.1 Å². The summed E-state index contributed by atoms with van der Waals surface area (Å²) in [6.45, 7) is 3.13. The second kappa shape index (κ2) is 10.7. The number of ether oxygens (including phenoxy) is 2. The predicted molar refractivity (Wildman–Crippen MR) is 122 cm³/mol. The van der Waals surface area contributed by atoms with Crippen LogP contribution in [0.4, 0.5) is 5.69 Å². The molecule has 5 nitrogen and oxygen atoms in total. The fourth-order valence-corrected chi connectivity index (χ4v) is 4.29. The Balaban J connectivity index is 1.76. The molecule has 0 aliphatic heterocycles. The van der Waals surface area contributed by atoms with E-state index in [1.54, 1.807) is 12.1 Å². The fourth-order valence-electron chi connectivity index (χ4n) is 4.03. The van der Waals surface area contributed by atoms with Gasteiger partial charge in [0.25, 0.3) is 5.91 Å². The first-order valence-electron chi connectivity index (χ1n) is 10.6. The number of benzene rings is 2. The molecule has 2 aromatic carbocycles. The van der Waals surface area contributed by atoms with Gasteiger partial charge in [-0.15, -0.1) is 0 Å². The molecule has 0 aromatic heterocycles. The van der Waals surface area contributed by atoms with Crippen molar-refractivity contribution < 1.29 is 14.3 Å². The van der Waals surface area contributed by atoms with E-state index in [2.05, 4.69) is 23.3 Å². The predicted octanol–water partition coefficient (Wildman–Crippen LogP) is 5.76.